The Morgan fingerprint density at radius 2 is 2.00 bits per heavy atom. The molecule has 3 N–H and O–H groups in total. The number of hydrogen-bond acceptors (Lipinski definition) is 5. The van der Waals surface area contributed by atoms with Gasteiger partial charge in [-0.25, -0.2) is 9.97 Å². The van der Waals surface area contributed by atoms with Crippen molar-refractivity contribution in [3.05, 3.63) is 11.4 Å². The van der Waals surface area contributed by atoms with Crippen LogP contribution in [0.3, 0.4) is 0 Å². The number of methoxy groups -OCH3 is 1. The van der Waals surface area contributed by atoms with Gasteiger partial charge in [-0.1, -0.05) is 20.8 Å². The van der Waals surface area contributed by atoms with Gasteiger partial charge in [0.15, 0.2) is 0 Å². The van der Waals surface area contributed by atoms with Gasteiger partial charge in [0.2, 0.25) is 0 Å². The molecule has 0 saturated carbocycles. The molecule has 0 bridgehead atoms. The van der Waals surface area contributed by atoms with Gasteiger partial charge in [-0.3, -0.25) is 0 Å². The summed E-state index contributed by atoms with van der Waals surface area (Å²) in [6, 6.07) is 0.215. The van der Waals surface area contributed by atoms with E-state index in [0.717, 1.165) is 30.0 Å². The van der Waals surface area contributed by atoms with E-state index < -0.39 is 0 Å². The first-order chi connectivity index (χ1) is 8.99. The van der Waals surface area contributed by atoms with E-state index in [1.165, 1.54) is 0 Å². The largest absolute Gasteiger partial charge is 0.383 e. The smallest absolute Gasteiger partial charge is 0.135 e. The number of ether oxygens (including phenoxy) is 1. The van der Waals surface area contributed by atoms with Gasteiger partial charge >= 0.3 is 0 Å². The zero-order valence-electron chi connectivity index (χ0n) is 12.7. The van der Waals surface area contributed by atoms with Crippen LogP contribution in [0.5, 0.6) is 0 Å². The maximum Gasteiger partial charge on any atom is 0.135 e. The summed E-state index contributed by atoms with van der Waals surface area (Å²) in [5.74, 6) is 2.63. The molecule has 1 atom stereocenters. The second-order valence-corrected chi connectivity index (χ2v) is 5.20. The van der Waals surface area contributed by atoms with E-state index in [0.29, 0.717) is 18.3 Å². The minimum atomic E-state index is 0.215. The van der Waals surface area contributed by atoms with E-state index in [9.17, 15) is 0 Å². The van der Waals surface area contributed by atoms with Gasteiger partial charge in [-0.2, -0.15) is 0 Å². The molecule has 0 aliphatic carbocycles. The normalized spacial score (nSPS) is 12.7. The number of aromatic nitrogens is 2. The van der Waals surface area contributed by atoms with Crippen molar-refractivity contribution in [2.45, 2.75) is 46.6 Å². The topological polar surface area (TPSA) is 73.1 Å². The number of rotatable bonds is 7. The fourth-order valence-electron chi connectivity index (χ4n) is 1.81. The summed E-state index contributed by atoms with van der Waals surface area (Å²) in [4.78, 5) is 8.89. The van der Waals surface area contributed by atoms with Gasteiger partial charge in [0.25, 0.3) is 0 Å². The first-order valence-corrected chi connectivity index (χ1v) is 6.88. The lowest BCUT2D eigenvalue weighted by Crippen LogP contribution is -2.31. The minimum Gasteiger partial charge on any atom is -0.383 e. The molecule has 0 amide bonds. The maximum absolute atomic E-state index is 5.96. The Bertz CT molecular complexity index is 407. The Kier molecular flexibility index (Phi) is 6.02. The molecule has 108 valence electrons. The van der Waals surface area contributed by atoms with Gasteiger partial charge in [0, 0.05) is 19.1 Å². The first kappa shape index (κ1) is 15.7. The predicted molar refractivity (Wildman–Crippen MR) is 79.3 cm³/mol. The van der Waals surface area contributed by atoms with Gasteiger partial charge in [0.05, 0.1) is 12.6 Å². The van der Waals surface area contributed by atoms with Crippen molar-refractivity contribution < 1.29 is 4.74 Å². The molecular weight excluding hydrogens is 240 g/mol. The number of nitrogens with zero attached hydrogens (tertiary/aromatic N) is 2. The van der Waals surface area contributed by atoms with Crippen molar-refractivity contribution in [1.29, 1.82) is 0 Å². The highest BCUT2D eigenvalue weighted by atomic mass is 16.5. The number of nitrogens with two attached hydrogens (primary N) is 1. The van der Waals surface area contributed by atoms with Crippen LogP contribution >= 0.6 is 0 Å². The van der Waals surface area contributed by atoms with Crippen LogP contribution in [0.25, 0.3) is 0 Å². The van der Waals surface area contributed by atoms with E-state index in [2.05, 4.69) is 36.1 Å². The van der Waals surface area contributed by atoms with Gasteiger partial charge < -0.3 is 15.8 Å². The third-order valence-corrected chi connectivity index (χ3v) is 3.18. The van der Waals surface area contributed by atoms with E-state index in [1.54, 1.807) is 7.11 Å². The van der Waals surface area contributed by atoms with Crippen molar-refractivity contribution >= 4 is 11.6 Å². The molecule has 1 aromatic rings. The molecule has 0 fully saturated rings. The summed E-state index contributed by atoms with van der Waals surface area (Å²) < 4.78 is 5.25. The summed E-state index contributed by atoms with van der Waals surface area (Å²) >= 11 is 0. The second kappa shape index (κ2) is 7.28. The number of aryl methyl sites for hydroxylation is 1. The molecule has 1 heterocycles. The monoisotopic (exact) mass is 266 g/mol. The fraction of sp³-hybridized carbons (Fsp3) is 0.714. The predicted octanol–water partition coefficient (Wildman–Crippen LogP) is 2.40. The van der Waals surface area contributed by atoms with Crippen molar-refractivity contribution in [2.24, 2.45) is 5.92 Å². The average Bonchev–Trinajstić information content (AvgIpc) is 2.34. The maximum atomic E-state index is 5.96. The van der Waals surface area contributed by atoms with Crippen molar-refractivity contribution in [3.63, 3.8) is 0 Å². The van der Waals surface area contributed by atoms with Gasteiger partial charge in [-0.05, 0) is 19.3 Å². The molecule has 0 spiro atoms. The molecule has 0 aliphatic rings. The molecule has 1 unspecified atom stereocenters. The number of anilines is 2. The lowest BCUT2D eigenvalue weighted by atomic mass is 10.1. The molecular formula is C14H26N4O. The van der Waals surface area contributed by atoms with Crippen LogP contribution in [-0.2, 0) is 11.2 Å². The fourth-order valence-corrected chi connectivity index (χ4v) is 1.81. The molecule has 5 heteroatoms. The summed E-state index contributed by atoms with van der Waals surface area (Å²) in [7, 11) is 1.71. The molecule has 0 saturated heterocycles. The van der Waals surface area contributed by atoms with Crippen LogP contribution in [0, 0.1) is 12.8 Å². The highest BCUT2D eigenvalue weighted by Crippen LogP contribution is 2.20. The van der Waals surface area contributed by atoms with E-state index in [1.807, 2.05) is 6.92 Å². The van der Waals surface area contributed by atoms with Crippen molar-refractivity contribution in [1.82, 2.24) is 9.97 Å². The van der Waals surface area contributed by atoms with Crippen LogP contribution in [-0.4, -0.2) is 29.7 Å². The summed E-state index contributed by atoms with van der Waals surface area (Å²) in [6.07, 6.45) is 1.85. The highest BCUT2D eigenvalue weighted by molar-refractivity contribution is 5.55. The molecule has 0 aliphatic heterocycles. The molecule has 0 aromatic carbocycles. The third kappa shape index (κ3) is 4.35. The van der Waals surface area contributed by atoms with Crippen LogP contribution < -0.4 is 11.1 Å². The first-order valence-electron chi connectivity index (χ1n) is 6.88. The zero-order chi connectivity index (χ0) is 14.4. The minimum absolute atomic E-state index is 0.215. The van der Waals surface area contributed by atoms with Crippen LogP contribution in [0.4, 0.5) is 11.6 Å². The Hall–Kier alpha value is -1.36. The van der Waals surface area contributed by atoms with Crippen LogP contribution in [0.2, 0.25) is 0 Å². The Balaban J connectivity index is 2.97. The zero-order valence-corrected chi connectivity index (χ0v) is 12.7. The SMILES string of the molecule is CCCc1nc(N)c(C)c(NC(COC)C(C)C)n1. The number of hydrogen-bond donors (Lipinski definition) is 2. The molecule has 1 rings (SSSR count). The summed E-state index contributed by atoms with van der Waals surface area (Å²) in [6.45, 7) is 9.00. The molecule has 5 nitrogen and oxygen atoms in total. The average molecular weight is 266 g/mol. The van der Waals surface area contributed by atoms with E-state index >= 15 is 0 Å². The van der Waals surface area contributed by atoms with Crippen molar-refractivity contribution in [3.8, 4) is 0 Å². The molecule has 19 heavy (non-hydrogen) atoms. The summed E-state index contributed by atoms with van der Waals surface area (Å²) in [5, 5.41) is 3.43. The quantitative estimate of drug-likeness (QED) is 0.793. The third-order valence-electron chi connectivity index (χ3n) is 3.18. The lowest BCUT2D eigenvalue weighted by molar-refractivity contribution is 0.171. The van der Waals surface area contributed by atoms with E-state index in [4.69, 9.17) is 10.5 Å². The standard InChI is InChI=1S/C14H26N4O/c1-6-7-12-17-13(15)10(4)14(18-12)16-11(8-19-5)9(2)3/h9,11H,6-8H2,1-5H3,(H3,15,16,17,18). The Morgan fingerprint density at radius 3 is 2.53 bits per heavy atom. The number of nitrogen functional groups attached to an aromatic ring is 1. The van der Waals surface area contributed by atoms with Crippen molar-refractivity contribution in [2.75, 3.05) is 24.8 Å². The van der Waals surface area contributed by atoms with Gasteiger partial charge in [0.1, 0.15) is 17.5 Å². The van der Waals surface area contributed by atoms with Crippen LogP contribution in [0.15, 0.2) is 0 Å². The van der Waals surface area contributed by atoms with Crippen LogP contribution in [0.1, 0.15) is 38.6 Å². The molecule has 1 aromatic heterocycles. The lowest BCUT2D eigenvalue weighted by Gasteiger charge is -2.23. The molecule has 0 radical (unpaired) electrons. The highest BCUT2D eigenvalue weighted by Gasteiger charge is 2.16. The van der Waals surface area contributed by atoms with Gasteiger partial charge in [-0.15, -0.1) is 0 Å². The Labute approximate surface area is 116 Å². The van der Waals surface area contributed by atoms with E-state index in [-0.39, 0.29) is 6.04 Å². The number of nitrogens with one attached hydrogen (secondary N) is 1. The Morgan fingerprint density at radius 1 is 1.32 bits per heavy atom. The second-order valence-electron chi connectivity index (χ2n) is 5.20. The summed E-state index contributed by atoms with van der Waals surface area (Å²) in [5.41, 5.74) is 6.86.